The molecule has 0 aromatic heterocycles. The van der Waals surface area contributed by atoms with Gasteiger partial charge in [0.2, 0.25) is 0 Å². The highest BCUT2D eigenvalue weighted by Crippen LogP contribution is 2.23. The summed E-state index contributed by atoms with van der Waals surface area (Å²) in [7, 11) is 0. The maximum atomic E-state index is 13.5. The Morgan fingerprint density at radius 3 is 2.63 bits per heavy atom. The monoisotopic (exact) mass is 334 g/mol. The Balaban J connectivity index is 1.85. The number of rotatable bonds is 5. The first kappa shape index (κ1) is 14.7. The second-order valence-corrected chi connectivity index (χ2v) is 5.64. The van der Waals surface area contributed by atoms with Crippen LogP contribution in [-0.4, -0.2) is 42.3 Å². The van der Waals surface area contributed by atoms with Crippen LogP contribution in [0.1, 0.15) is 12.8 Å². The van der Waals surface area contributed by atoms with Gasteiger partial charge < -0.3 is 15.3 Å². The van der Waals surface area contributed by atoms with Gasteiger partial charge >= 0.3 is 0 Å². The first-order valence-corrected chi connectivity index (χ1v) is 7.14. The number of aliphatic hydroxyl groups excluding tert-OH is 1. The van der Waals surface area contributed by atoms with Crippen LogP contribution in [0.15, 0.2) is 16.6 Å². The van der Waals surface area contributed by atoms with Gasteiger partial charge in [-0.15, -0.1) is 0 Å². The van der Waals surface area contributed by atoms with E-state index in [0.29, 0.717) is 6.54 Å². The lowest BCUT2D eigenvalue weighted by molar-refractivity contribution is 0.135. The molecule has 0 amide bonds. The van der Waals surface area contributed by atoms with Crippen LogP contribution in [0.2, 0.25) is 0 Å². The molecule has 0 aliphatic carbocycles. The van der Waals surface area contributed by atoms with E-state index in [2.05, 4.69) is 26.1 Å². The third-order valence-electron chi connectivity index (χ3n) is 3.21. The fraction of sp³-hybridized carbons (Fsp3) is 0.538. The molecular formula is C13H17BrF2N2O. The molecule has 1 atom stereocenters. The minimum Gasteiger partial charge on any atom is -0.390 e. The Hall–Kier alpha value is -0.720. The van der Waals surface area contributed by atoms with Crippen LogP contribution in [0.3, 0.4) is 0 Å². The molecule has 3 nitrogen and oxygen atoms in total. The normalized spacial score (nSPS) is 17.7. The van der Waals surface area contributed by atoms with Crippen molar-refractivity contribution < 1.29 is 13.9 Å². The van der Waals surface area contributed by atoms with Gasteiger partial charge in [0.05, 0.1) is 16.3 Å². The molecule has 1 unspecified atom stereocenters. The summed E-state index contributed by atoms with van der Waals surface area (Å²) in [5.74, 6) is -1.30. The fourth-order valence-electron chi connectivity index (χ4n) is 2.21. The standard InChI is InChI=1S/C13H17BrF2N2O/c14-10-5-13(12(16)6-11(10)15)17-7-9(19)8-18-3-1-2-4-18/h5-6,9,17,19H,1-4,7-8H2. The van der Waals surface area contributed by atoms with Crippen LogP contribution >= 0.6 is 15.9 Å². The summed E-state index contributed by atoms with van der Waals surface area (Å²) in [5, 5.41) is 12.7. The van der Waals surface area contributed by atoms with E-state index in [1.165, 1.54) is 18.9 Å². The molecule has 1 aromatic rings. The average Bonchev–Trinajstić information content (AvgIpc) is 2.85. The molecule has 19 heavy (non-hydrogen) atoms. The van der Waals surface area contributed by atoms with Gasteiger partial charge in [-0.2, -0.15) is 0 Å². The third-order valence-corrected chi connectivity index (χ3v) is 3.81. The van der Waals surface area contributed by atoms with Crippen molar-refractivity contribution in [2.75, 3.05) is 31.5 Å². The van der Waals surface area contributed by atoms with Gasteiger partial charge in [0.15, 0.2) is 0 Å². The van der Waals surface area contributed by atoms with Gasteiger partial charge in [0.1, 0.15) is 11.6 Å². The number of aliphatic hydroxyl groups is 1. The molecule has 1 aliphatic rings. The van der Waals surface area contributed by atoms with E-state index in [-0.39, 0.29) is 16.7 Å². The summed E-state index contributed by atoms with van der Waals surface area (Å²) in [6.45, 7) is 2.84. The van der Waals surface area contributed by atoms with Gasteiger partial charge in [0.25, 0.3) is 0 Å². The van der Waals surface area contributed by atoms with Gasteiger partial charge in [-0.25, -0.2) is 8.78 Å². The summed E-state index contributed by atoms with van der Waals surface area (Å²) in [6.07, 6.45) is 1.76. The Morgan fingerprint density at radius 1 is 1.26 bits per heavy atom. The van der Waals surface area contributed by atoms with E-state index < -0.39 is 17.7 Å². The Bertz CT molecular complexity index is 439. The minimum atomic E-state index is -0.658. The van der Waals surface area contributed by atoms with Crippen molar-refractivity contribution in [1.82, 2.24) is 4.90 Å². The molecular weight excluding hydrogens is 318 g/mol. The van der Waals surface area contributed by atoms with E-state index in [1.807, 2.05) is 0 Å². The molecule has 1 saturated heterocycles. The Kier molecular flexibility index (Phi) is 5.13. The number of β-amino-alcohol motifs (C(OH)–C–C–N with tert-alkyl or cyclic N) is 1. The fourth-order valence-corrected chi connectivity index (χ4v) is 2.56. The molecule has 1 fully saturated rings. The molecule has 0 bridgehead atoms. The maximum absolute atomic E-state index is 13.5. The molecule has 0 radical (unpaired) electrons. The average molecular weight is 335 g/mol. The van der Waals surface area contributed by atoms with E-state index in [4.69, 9.17) is 0 Å². The summed E-state index contributed by atoms with van der Waals surface area (Å²) in [4.78, 5) is 2.18. The molecule has 1 aromatic carbocycles. The topological polar surface area (TPSA) is 35.5 Å². The van der Waals surface area contributed by atoms with Crippen molar-refractivity contribution in [3.05, 3.63) is 28.2 Å². The number of hydrogen-bond acceptors (Lipinski definition) is 3. The van der Waals surface area contributed by atoms with Crippen molar-refractivity contribution in [3.8, 4) is 0 Å². The Labute approximate surface area is 119 Å². The molecule has 1 aliphatic heterocycles. The highest BCUT2D eigenvalue weighted by Gasteiger charge is 2.16. The van der Waals surface area contributed by atoms with E-state index in [1.54, 1.807) is 0 Å². The molecule has 6 heteroatoms. The van der Waals surface area contributed by atoms with E-state index in [0.717, 1.165) is 19.2 Å². The lowest BCUT2D eigenvalue weighted by Gasteiger charge is -2.20. The zero-order valence-electron chi connectivity index (χ0n) is 10.5. The molecule has 0 spiro atoms. The zero-order valence-corrected chi connectivity index (χ0v) is 12.1. The van der Waals surface area contributed by atoms with Crippen LogP contribution in [0.4, 0.5) is 14.5 Å². The number of benzene rings is 1. The predicted octanol–water partition coefficient (Wildman–Crippen LogP) is 2.60. The van der Waals surface area contributed by atoms with Crippen molar-refractivity contribution in [2.45, 2.75) is 18.9 Å². The smallest absolute Gasteiger partial charge is 0.149 e. The molecule has 1 heterocycles. The number of nitrogens with one attached hydrogen (secondary N) is 1. The van der Waals surface area contributed by atoms with Crippen molar-refractivity contribution in [2.24, 2.45) is 0 Å². The van der Waals surface area contributed by atoms with Crippen LogP contribution in [-0.2, 0) is 0 Å². The minimum absolute atomic E-state index is 0.189. The Morgan fingerprint density at radius 2 is 1.95 bits per heavy atom. The van der Waals surface area contributed by atoms with Gasteiger partial charge in [-0.1, -0.05) is 0 Å². The van der Waals surface area contributed by atoms with Crippen LogP contribution in [0.25, 0.3) is 0 Å². The molecule has 2 N–H and O–H groups in total. The lowest BCUT2D eigenvalue weighted by Crippen LogP contribution is -2.34. The zero-order chi connectivity index (χ0) is 13.8. The predicted molar refractivity (Wildman–Crippen MR) is 74.2 cm³/mol. The number of anilines is 1. The van der Waals surface area contributed by atoms with Crippen molar-refractivity contribution in [3.63, 3.8) is 0 Å². The van der Waals surface area contributed by atoms with Crippen LogP contribution in [0, 0.1) is 11.6 Å². The van der Waals surface area contributed by atoms with Crippen LogP contribution < -0.4 is 5.32 Å². The maximum Gasteiger partial charge on any atom is 0.149 e. The summed E-state index contributed by atoms with van der Waals surface area (Å²) < 4.78 is 26.7. The van der Waals surface area contributed by atoms with Crippen molar-refractivity contribution >= 4 is 21.6 Å². The molecule has 2 rings (SSSR count). The highest BCUT2D eigenvalue weighted by atomic mass is 79.9. The van der Waals surface area contributed by atoms with Crippen LogP contribution in [0.5, 0.6) is 0 Å². The summed E-state index contributed by atoms with van der Waals surface area (Å²) in [6, 6.07) is 2.16. The van der Waals surface area contributed by atoms with E-state index >= 15 is 0 Å². The van der Waals surface area contributed by atoms with Gasteiger partial charge in [0, 0.05) is 19.2 Å². The largest absolute Gasteiger partial charge is 0.390 e. The lowest BCUT2D eigenvalue weighted by atomic mass is 10.2. The number of likely N-dealkylation sites (tertiary alicyclic amines) is 1. The van der Waals surface area contributed by atoms with Crippen molar-refractivity contribution in [1.29, 1.82) is 0 Å². The molecule has 106 valence electrons. The number of hydrogen-bond donors (Lipinski definition) is 2. The number of halogens is 3. The van der Waals surface area contributed by atoms with Gasteiger partial charge in [-0.05, 0) is 47.9 Å². The van der Waals surface area contributed by atoms with E-state index in [9.17, 15) is 13.9 Å². The third kappa shape index (κ3) is 4.12. The molecule has 0 saturated carbocycles. The second kappa shape index (κ2) is 6.63. The summed E-state index contributed by atoms with van der Waals surface area (Å²) >= 11 is 3.01. The summed E-state index contributed by atoms with van der Waals surface area (Å²) in [5.41, 5.74) is 0.189. The SMILES string of the molecule is OC(CNc1cc(Br)c(F)cc1F)CN1CCCC1. The second-order valence-electron chi connectivity index (χ2n) is 4.79. The first-order chi connectivity index (χ1) is 9.06. The highest BCUT2D eigenvalue weighted by molar-refractivity contribution is 9.10. The van der Waals surface area contributed by atoms with Gasteiger partial charge in [-0.3, -0.25) is 0 Å². The quantitative estimate of drug-likeness (QED) is 0.812. The first-order valence-electron chi connectivity index (χ1n) is 6.35. The number of nitrogens with zero attached hydrogens (tertiary/aromatic N) is 1.